The van der Waals surface area contributed by atoms with Crippen molar-refractivity contribution < 1.29 is 13.6 Å². The first-order valence-corrected chi connectivity index (χ1v) is 9.52. The van der Waals surface area contributed by atoms with Crippen LogP contribution in [0.15, 0.2) is 41.0 Å². The Bertz CT molecular complexity index is 821. The number of rotatable bonds is 3. The van der Waals surface area contributed by atoms with Gasteiger partial charge in [0.15, 0.2) is 5.76 Å². The number of hydrogen-bond donors (Lipinski definition) is 0. The van der Waals surface area contributed by atoms with E-state index in [4.69, 9.17) is 4.42 Å². The minimum Gasteiger partial charge on any atom is -0.459 e. The Morgan fingerprint density at radius 2 is 2.04 bits per heavy atom. The molecule has 2 fully saturated rings. The second kappa shape index (κ2) is 5.95. The molecule has 0 atom stereocenters. The van der Waals surface area contributed by atoms with E-state index < -0.39 is 0 Å². The van der Waals surface area contributed by atoms with Crippen molar-refractivity contribution in [3.8, 4) is 0 Å². The molecule has 136 valence electrons. The Labute approximate surface area is 152 Å². The molecule has 1 amide bonds. The predicted octanol–water partition coefficient (Wildman–Crippen LogP) is 3.82. The Morgan fingerprint density at radius 1 is 1.23 bits per heavy atom. The molecule has 1 aromatic heterocycles. The predicted molar refractivity (Wildman–Crippen MR) is 96.9 cm³/mol. The zero-order valence-corrected chi connectivity index (χ0v) is 14.8. The molecule has 1 saturated carbocycles. The molecule has 1 spiro atoms. The summed E-state index contributed by atoms with van der Waals surface area (Å²) in [6, 6.07) is 8.25. The zero-order valence-electron chi connectivity index (χ0n) is 14.8. The van der Waals surface area contributed by atoms with E-state index in [2.05, 4.69) is 4.90 Å². The van der Waals surface area contributed by atoms with Gasteiger partial charge in [0.25, 0.3) is 5.91 Å². The number of anilines is 1. The largest absolute Gasteiger partial charge is 0.459 e. The molecule has 2 aromatic rings. The number of furan rings is 1. The number of nitrogens with zero attached hydrogens (tertiary/aromatic N) is 2. The highest BCUT2D eigenvalue weighted by Crippen LogP contribution is 2.48. The first-order valence-electron chi connectivity index (χ1n) is 9.52. The molecule has 1 aromatic carbocycles. The average molecular weight is 354 g/mol. The number of hydrogen-bond acceptors (Lipinski definition) is 3. The smallest absolute Gasteiger partial charge is 0.293 e. The summed E-state index contributed by atoms with van der Waals surface area (Å²) >= 11 is 0. The SMILES string of the molecule is O=C(c1ccco1)N1CC2(CCN(CC3CC3)CC2)c2cc(F)ccc21. The van der Waals surface area contributed by atoms with E-state index in [-0.39, 0.29) is 17.1 Å². The Morgan fingerprint density at radius 3 is 2.73 bits per heavy atom. The third-order valence-corrected chi connectivity index (χ3v) is 6.29. The topological polar surface area (TPSA) is 36.7 Å². The third kappa shape index (κ3) is 2.65. The van der Waals surface area contributed by atoms with Gasteiger partial charge in [-0.25, -0.2) is 4.39 Å². The maximum absolute atomic E-state index is 14.0. The molecule has 0 radical (unpaired) electrons. The standard InChI is InChI=1S/C21H23FN2O2/c22-16-5-6-18-17(12-16)21(7-9-23(10-8-21)13-15-3-4-15)14-24(18)20(25)19-2-1-11-26-19/h1-2,5-6,11-12,15H,3-4,7-10,13-14H2. The lowest BCUT2D eigenvalue weighted by Gasteiger charge is -2.40. The Balaban J connectivity index is 1.44. The van der Waals surface area contributed by atoms with Gasteiger partial charge < -0.3 is 14.2 Å². The summed E-state index contributed by atoms with van der Waals surface area (Å²) in [6.07, 6.45) is 6.18. The number of fused-ring (bicyclic) bond motifs is 2. The summed E-state index contributed by atoms with van der Waals surface area (Å²) in [5.74, 6) is 0.855. The lowest BCUT2D eigenvalue weighted by atomic mass is 9.74. The van der Waals surface area contributed by atoms with Crippen molar-refractivity contribution in [2.75, 3.05) is 31.1 Å². The molecular weight excluding hydrogens is 331 g/mol. The molecule has 0 unspecified atom stereocenters. The second-order valence-corrected chi connectivity index (χ2v) is 8.05. The number of benzene rings is 1. The number of carbonyl (C=O) groups is 1. The van der Waals surface area contributed by atoms with Gasteiger partial charge >= 0.3 is 0 Å². The fraction of sp³-hybridized carbons (Fsp3) is 0.476. The zero-order chi connectivity index (χ0) is 17.7. The van der Waals surface area contributed by atoms with Crippen LogP contribution in [0.5, 0.6) is 0 Å². The van der Waals surface area contributed by atoms with E-state index in [9.17, 15) is 9.18 Å². The van der Waals surface area contributed by atoms with Crippen molar-refractivity contribution in [1.82, 2.24) is 4.90 Å². The van der Waals surface area contributed by atoms with Gasteiger partial charge in [0.2, 0.25) is 0 Å². The molecule has 1 aliphatic carbocycles. The quantitative estimate of drug-likeness (QED) is 0.841. The van der Waals surface area contributed by atoms with Gasteiger partial charge in [-0.05, 0) is 80.6 Å². The number of likely N-dealkylation sites (tertiary alicyclic amines) is 1. The first-order chi connectivity index (χ1) is 12.6. The van der Waals surface area contributed by atoms with Crippen LogP contribution in [0.3, 0.4) is 0 Å². The normalized spacial score (nSPS) is 22.0. The average Bonchev–Trinajstić information content (AvgIpc) is 3.19. The number of carbonyl (C=O) groups excluding carboxylic acids is 1. The minimum atomic E-state index is -0.226. The van der Waals surface area contributed by atoms with E-state index in [0.29, 0.717) is 12.3 Å². The minimum absolute atomic E-state index is 0.139. The lowest BCUT2D eigenvalue weighted by molar-refractivity contribution is 0.0949. The second-order valence-electron chi connectivity index (χ2n) is 8.05. The van der Waals surface area contributed by atoms with Crippen LogP contribution in [0, 0.1) is 11.7 Å². The van der Waals surface area contributed by atoms with Gasteiger partial charge in [0, 0.05) is 24.2 Å². The molecule has 4 nitrogen and oxygen atoms in total. The highest BCUT2D eigenvalue weighted by Gasteiger charge is 2.47. The summed E-state index contributed by atoms with van der Waals surface area (Å²) in [6.45, 7) is 3.86. The van der Waals surface area contributed by atoms with Crippen molar-refractivity contribution in [2.24, 2.45) is 5.92 Å². The fourth-order valence-electron chi connectivity index (χ4n) is 4.61. The highest BCUT2D eigenvalue weighted by atomic mass is 19.1. The summed E-state index contributed by atoms with van der Waals surface area (Å²) in [4.78, 5) is 17.3. The van der Waals surface area contributed by atoms with Crippen LogP contribution in [0.25, 0.3) is 0 Å². The molecular formula is C21H23FN2O2. The van der Waals surface area contributed by atoms with Crippen molar-refractivity contribution in [1.29, 1.82) is 0 Å². The maximum Gasteiger partial charge on any atom is 0.293 e. The van der Waals surface area contributed by atoms with Crippen LogP contribution in [-0.2, 0) is 5.41 Å². The van der Waals surface area contributed by atoms with Crippen LogP contribution in [-0.4, -0.2) is 37.0 Å². The number of halogens is 1. The summed E-state index contributed by atoms with van der Waals surface area (Å²) < 4.78 is 19.3. The van der Waals surface area contributed by atoms with Gasteiger partial charge in [0.05, 0.1) is 6.26 Å². The van der Waals surface area contributed by atoms with Gasteiger partial charge in [-0.3, -0.25) is 4.79 Å². The summed E-state index contributed by atoms with van der Waals surface area (Å²) in [7, 11) is 0. The first kappa shape index (κ1) is 16.1. The molecule has 2 aliphatic heterocycles. The van der Waals surface area contributed by atoms with Crippen LogP contribution in [0.1, 0.15) is 41.8 Å². The van der Waals surface area contributed by atoms with Crippen molar-refractivity contribution >= 4 is 11.6 Å². The highest BCUT2D eigenvalue weighted by molar-refractivity contribution is 6.06. The van der Waals surface area contributed by atoms with Crippen LogP contribution in [0.4, 0.5) is 10.1 Å². The molecule has 1 saturated heterocycles. The molecule has 0 bridgehead atoms. The number of amides is 1. The molecule has 5 rings (SSSR count). The molecule has 26 heavy (non-hydrogen) atoms. The van der Waals surface area contributed by atoms with Gasteiger partial charge in [-0.1, -0.05) is 0 Å². The maximum atomic E-state index is 14.0. The Hall–Kier alpha value is -2.14. The fourth-order valence-corrected chi connectivity index (χ4v) is 4.61. The molecule has 3 aliphatic rings. The number of piperidine rings is 1. The van der Waals surface area contributed by atoms with Crippen molar-refractivity contribution in [3.05, 3.63) is 53.7 Å². The lowest BCUT2D eigenvalue weighted by Crippen LogP contribution is -2.46. The van der Waals surface area contributed by atoms with E-state index in [1.807, 2.05) is 0 Å². The Kier molecular flexibility index (Phi) is 3.67. The molecule has 0 N–H and O–H groups in total. The van der Waals surface area contributed by atoms with Crippen molar-refractivity contribution in [2.45, 2.75) is 31.1 Å². The summed E-state index contributed by atoms with van der Waals surface area (Å²) in [5.41, 5.74) is 1.69. The van der Waals surface area contributed by atoms with Crippen LogP contribution >= 0.6 is 0 Å². The molecule has 3 heterocycles. The van der Waals surface area contributed by atoms with Crippen LogP contribution in [0.2, 0.25) is 0 Å². The summed E-state index contributed by atoms with van der Waals surface area (Å²) in [5, 5.41) is 0. The third-order valence-electron chi connectivity index (χ3n) is 6.29. The van der Waals surface area contributed by atoms with Gasteiger partial charge in [-0.15, -0.1) is 0 Å². The van der Waals surface area contributed by atoms with E-state index in [1.54, 1.807) is 29.2 Å². The van der Waals surface area contributed by atoms with Crippen LogP contribution < -0.4 is 4.90 Å². The van der Waals surface area contributed by atoms with Gasteiger partial charge in [0.1, 0.15) is 5.82 Å². The monoisotopic (exact) mass is 354 g/mol. The van der Waals surface area contributed by atoms with E-state index in [1.165, 1.54) is 31.7 Å². The molecule has 5 heteroatoms. The van der Waals surface area contributed by atoms with E-state index >= 15 is 0 Å². The van der Waals surface area contributed by atoms with Gasteiger partial charge in [-0.2, -0.15) is 0 Å². The van der Waals surface area contributed by atoms with Crippen molar-refractivity contribution in [3.63, 3.8) is 0 Å². The van der Waals surface area contributed by atoms with E-state index in [0.717, 1.165) is 43.1 Å².